The van der Waals surface area contributed by atoms with E-state index in [1.54, 1.807) is 30.2 Å². The van der Waals surface area contributed by atoms with Crippen molar-refractivity contribution in [2.45, 2.75) is 25.4 Å². The number of urea groups is 1. The standard InChI is InChI=1S/C24H29FN4O3/c1-32-21-5-2-4-20(16-21)26-24(31)28-12-3-11-27(14-15-28)22-10-13-29(23(22)30)17-18-6-8-19(25)9-7-18/h2,4-9,16,22H,3,10-15,17H2,1H3,(H,26,31). The Morgan fingerprint density at radius 3 is 2.69 bits per heavy atom. The first-order valence-electron chi connectivity index (χ1n) is 11.0. The Morgan fingerprint density at radius 1 is 1.09 bits per heavy atom. The maximum atomic E-state index is 13.1. The van der Waals surface area contributed by atoms with Gasteiger partial charge in [-0.05, 0) is 42.7 Å². The summed E-state index contributed by atoms with van der Waals surface area (Å²) >= 11 is 0. The van der Waals surface area contributed by atoms with Gasteiger partial charge in [-0.3, -0.25) is 9.69 Å². The van der Waals surface area contributed by atoms with Gasteiger partial charge in [0.2, 0.25) is 5.91 Å². The van der Waals surface area contributed by atoms with E-state index in [0.717, 1.165) is 24.9 Å². The minimum atomic E-state index is -0.274. The number of carbonyl (C=O) groups is 2. The first kappa shape index (κ1) is 22.1. The molecule has 0 aromatic heterocycles. The number of methoxy groups -OCH3 is 1. The van der Waals surface area contributed by atoms with Gasteiger partial charge >= 0.3 is 6.03 Å². The molecule has 7 nitrogen and oxygen atoms in total. The van der Waals surface area contributed by atoms with Crippen LogP contribution in [0.1, 0.15) is 18.4 Å². The molecule has 2 aromatic carbocycles. The maximum absolute atomic E-state index is 13.1. The van der Waals surface area contributed by atoms with Gasteiger partial charge in [-0.1, -0.05) is 18.2 Å². The minimum absolute atomic E-state index is 0.114. The molecule has 1 unspecified atom stereocenters. The van der Waals surface area contributed by atoms with Gasteiger partial charge in [0.1, 0.15) is 11.6 Å². The Bertz CT molecular complexity index is 953. The first-order chi connectivity index (χ1) is 15.5. The second-order valence-corrected chi connectivity index (χ2v) is 8.23. The summed E-state index contributed by atoms with van der Waals surface area (Å²) in [4.78, 5) is 31.6. The van der Waals surface area contributed by atoms with Crippen LogP contribution in [-0.4, -0.2) is 72.5 Å². The average molecular weight is 441 g/mol. The predicted molar refractivity (Wildman–Crippen MR) is 120 cm³/mol. The average Bonchev–Trinajstić information content (AvgIpc) is 3.00. The SMILES string of the molecule is COc1cccc(NC(=O)N2CCCN(C3CCN(Cc4ccc(F)cc4)C3=O)CC2)c1. The molecule has 0 spiro atoms. The molecule has 32 heavy (non-hydrogen) atoms. The van der Waals surface area contributed by atoms with Crippen molar-refractivity contribution in [3.05, 3.63) is 59.9 Å². The lowest BCUT2D eigenvalue weighted by atomic mass is 10.2. The van der Waals surface area contributed by atoms with Crippen LogP contribution in [-0.2, 0) is 11.3 Å². The zero-order valence-electron chi connectivity index (χ0n) is 18.3. The molecule has 0 aliphatic carbocycles. The third kappa shape index (κ3) is 5.19. The molecular weight excluding hydrogens is 411 g/mol. The van der Waals surface area contributed by atoms with Crippen LogP contribution in [0.4, 0.5) is 14.9 Å². The predicted octanol–water partition coefficient (Wildman–Crippen LogP) is 3.18. The van der Waals surface area contributed by atoms with E-state index in [2.05, 4.69) is 10.2 Å². The van der Waals surface area contributed by atoms with E-state index in [-0.39, 0.29) is 23.8 Å². The number of ether oxygens (including phenoxy) is 1. The molecule has 170 valence electrons. The van der Waals surface area contributed by atoms with E-state index in [4.69, 9.17) is 4.74 Å². The molecule has 2 aliphatic rings. The number of nitrogens with one attached hydrogen (secondary N) is 1. The Hall–Kier alpha value is -3.13. The lowest BCUT2D eigenvalue weighted by Gasteiger charge is -2.26. The lowest BCUT2D eigenvalue weighted by molar-refractivity contribution is -0.132. The highest BCUT2D eigenvalue weighted by molar-refractivity contribution is 5.89. The summed E-state index contributed by atoms with van der Waals surface area (Å²) in [5, 5.41) is 2.93. The third-order valence-electron chi connectivity index (χ3n) is 6.14. The van der Waals surface area contributed by atoms with Crippen molar-refractivity contribution in [2.75, 3.05) is 45.2 Å². The molecule has 4 rings (SSSR count). The number of likely N-dealkylation sites (tertiary alicyclic amines) is 1. The van der Waals surface area contributed by atoms with Crippen molar-refractivity contribution in [2.24, 2.45) is 0 Å². The van der Waals surface area contributed by atoms with Crippen LogP contribution in [0.3, 0.4) is 0 Å². The molecule has 1 atom stereocenters. The highest BCUT2D eigenvalue weighted by Gasteiger charge is 2.36. The van der Waals surface area contributed by atoms with Gasteiger partial charge in [0.25, 0.3) is 0 Å². The van der Waals surface area contributed by atoms with Gasteiger partial charge in [-0.15, -0.1) is 0 Å². The first-order valence-corrected chi connectivity index (χ1v) is 11.0. The number of carbonyl (C=O) groups excluding carboxylic acids is 2. The molecule has 3 amide bonds. The molecule has 0 bridgehead atoms. The second-order valence-electron chi connectivity index (χ2n) is 8.23. The fraction of sp³-hybridized carbons (Fsp3) is 0.417. The zero-order valence-corrected chi connectivity index (χ0v) is 18.3. The van der Waals surface area contributed by atoms with Crippen molar-refractivity contribution in [1.29, 1.82) is 0 Å². The largest absolute Gasteiger partial charge is 0.497 e. The van der Waals surface area contributed by atoms with Crippen molar-refractivity contribution < 1.29 is 18.7 Å². The summed E-state index contributed by atoms with van der Waals surface area (Å²) in [6.45, 7) is 3.84. The van der Waals surface area contributed by atoms with Crippen LogP contribution in [0.5, 0.6) is 5.75 Å². The Labute approximate surface area is 187 Å². The Balaban J connectivity index is 1.31. The van der Waals surface area contributed by atoms with Gasteiger partial charge in [0.05, 0.1) is 13.2 Å². The highest BCUT2D eigenvalue weighted by atomic mass is 19.1. The van der Waals surface area contributed by atoms with E-state index in [1.807, 2.05) is 23.1 Å². The third-order valence-corrected chi connectivity index (χ3v) is 6.14. The highest BCUT2D eigenvalue weighted by Crippen LogP contribution is 2.22. The summed E-state index contributed by atoms with van der Waals surface area (Å²) < 4.78 is 18.3. The smallest absolute Gasteiger partial charge is 0.321 e. The minimum Gasteiger partial charge on any atom is -0.497 e. The lowest BCUT2D eigenvalue weighted by Crippen LogP contribution is -2.44. The van der Waals surface area contributed by atoms with Crippen LogP contribution in [0.2, 0.25) is 0 Å². The molecule has 2 fully saturated rings. The van der Waals surface area contributed by atoms with Gasteiger partial charge in [-0.25, -0.2) is 9.18 Å². The van der Waals surface area contributed by atoms with Crippen LogP contribution in [0.15, 0.2) is 48.5 Å². The van der Waals surface area contributed by atoms with Crippen LogP contribution in [0, 0.1) is 5.82 Å². The number of anilines is 1. The van der Waals surface area contributed by atoms with Crippen molar-refractivity contribution in [3.8, 4) is 5.75 Å². The Kier molecular flexibility index (Phi) is 6.90. The number of amides is 3. The zero-order chi connectivity index (χ0) is 22.5. The van der Waals surface area contributed by atoms with Gasteiger partial charge in [0, 0.05) is 51.0 Å². The van der Waals surface area contributed by atoms with Gasteiger partial charge < -0.3 is 19.9 Å². The van der Waals surface area contributed by atoms with E-state index in [0.29, 0.717) is 44.2 Å². The molecule has 0 radical (unpaired) electrons. The molecule has 2 aromatic rings. The number of hydrogen-bond donors (Lipinski definition) is 1. The summed E-state index contributed by atoms with van der Waals surface area (Å²) in [7, 11) is 1.59. The van der Waals surface area contributed by atoms with Crippen LogP contribution < -0.4 is 10.1 Å². The van der Waals surface area contributed by atoms with Gasteiger partial charge in [0.15, 0.2) is 0 Å². The summed E-state index contributed by atoms with van der Waals surface area (Å²) in [5.41, 5.74) is 1.62. The number of nitrogens with zero attached hydrogens (tertiary/aromatic N) is 3. The second kappa shape index (κ2) is 9.99. The fourth-order valence-electron chi connectivity index (χ4n) is 4.38. The van der Waals surface area contributed by atoms with Crippen molar-refractivity contribution in [1.82, 2.24) is 14.7 Å². The molecule has 0 saturated carbocycles. The van der Waals surface area contributed by atoms with E-state index in [1.165, 1.54) is 12.1 Å². The van der Waals surface area contributed by atoms with Crippen molar-refractivity contribution >= 4 is 17.6 Å². The van der Waals surface area contributed by atoms with Crippen LogP contribution >= 0.6 is 0 Å². The topological polar surface area (TPSA) is 65.1 Å². The van der Waals surface area contributed by atoms with Crippen LogP contribution in [0.25, 0.3) is 0 Å². The molecule has 2 saturated heterocycles. The van der Waals surface area contributed by atoms with E-state index < -0.39 is 0 Å². The van der Waals surface area contributed by atoms with E-state index in [9.17, 15) is 14.0 Å². The quantitative estimate of drug-likeness (QED) is 0.776. The Morgan fingerprint density at radius 2 is 1.91 bits per heavy atom. The summed E-state index contributed by atoms with van der Waals surface area (Å²) in [6.07, 6.45) is 1.59. The molecule has 2 heterocycles. The van der Waals surface area contributed by atoms with Gasteiger partial charge in [-0.2, -0.15) is 0 Å². The molecular formula is C24H29FN4O3. The monoisotopic (exact) mass is 440 g/mol. The van der Waals surface area contributed by atoms with E-state index >= 15 is 0 Å². The maximum Gasteiger partial charge on any atom is 0.321 e. The molecule has 2 aliphatic heterocycles. The summed E-state index contributed by atoms with van der Waals surface area (Å²) in [5.74, 6) is 0.530. The molecule has 1 N–H and O–H groups in total. The number of hydrogen-bond acceptors (Lipinski definition) is 4. The number of halogens is 1. The number of benzene rings is 2. The number of rotatable bonds is 5. The van der Waals surface area contributed by atoms with Crippen molar-refractivity contribution in [3.63, 3.8) is 0 Å². The fourth-order valence-corrected chi connectivity index (χ4v) is 4.38. The summed E-state index contributed by atoms with van der Waals surface area (Å²) in [6, 6.07) is 13.3. The normalized spacial score (nSPS) is 19.7. The molecule has 8 heteroatoms.